The molecule has 0 saturated heterocycles. The summed E-state index contributed by atoms with van der Waals surface area (Å²) < 4.78 is 0. The van der Waals surface area contributed by atoms with E-state index in [0.29, 0.717) is 0 Å². The van der Waals surface area contributed by atoms with Gasteiger partial charge in [-0.05, 0) is 30.0 Å². The summed E-state index contributed by atoms with van der Waals surface area (Å²) in [5, 5.41) is 11.3. The molecular formula is C19H18O. The third-order valence-electron chi connectivity index (χ3n) is 4.47. The highest BCUT2D eigenvalue weighted by Gasteiger charge is 2.54. The highest BCUT2D eigenvalue weighted by Crippen LogP contribution is 2.51. The van der Waals surface area contributed by atoms with Crippen molar-refractivity contribution < 1.29 is 5.11 Å². The molecule has 0 aliphatic heterocycles. The Bertz CT molecular complexity index is 692. The van der Waals surface area contributed by atoms with E-state index in [1.165, 1.54) is 5.56 Å². The van der Waals surface area contributed by atoms with E-state index in [9.17, 15) is 5.11 Å². The van der Waals surface area contributed by atoms with Gasteiger partial charge in [0, 0.05) is 5.41 Å². The van der Waals surface area contributed by atoms with Crippen LogP contribution in [-0.2, 0) is 17.4 Å². The molecule has 1 aliphatic carbocycles. The van der Waals surface area contributed by atoms with Crippen LogP contribution in [0, 0.1) is 11.8 Å². The lowest BCUT2D eigenvalue weighted by atomic mass is 9.69. The summed E-state index contributed by atoms with van der Waals surface area (Å²) >= 11 is 0. The third kappa shape index (κ3) is 1.62. The van der Waals surface area contributed by atoms with Gasteiger partial charge < -0.3 is 5.11 Å². The number of hydrogen-bond donors (Lipinski definition) is 1. The summed E-state index contributed by atoms with van der Waals surface area (Å²) in [6.07, 6.45) is 0.804. The molecule has 100 valence electrons. The van der Waals surface area contributed by atoms with Gasteiger partial charge in [-0.3, -0.25) is 0 Å². The molecule has 2 atom stereocenters. The zero-order valence-corrected chi connectivity index (χ0v) is 11.9. The average molecular weight is 262 g/mol. The highest BCUT2D eigenvalue weighted by molar-refractivity contribution is 5.52. The van der Waals surface area contributed by atoms with Crippen LogP contribution in [0.4, 0.5) is 0 Å². The molecule has 0 unspecified atom stereocenters. The van der Waals surface area contributed by atoms with Gasteiger partial charge in [-0.1, -0.05) is 67.4 Å². The van der Waals surface area contributed by atoms with Crippen LogP contribution in [0.2, 0.25) is 0 Å². The predicted molar refractivity (Wildman–Crippen MR) is 81.3 cm³/mol. The number of hydrogen-bond acceptors (Lipinski definition) is 1. The minimum absolute atomic E-state index is 0.416. The van der Waals surface area contributed by atoms with Crippen LogP contribution >= 0.6 is 0 Å². The third-order valence-corrected chi connectivity index (χ3v) is 4.47. The van der Waals surface area contributed by atoms with Crippen molar-refractivity contribution in [2.45, 2.75) is 31.3 Å². The lowest BCUT2D eigenvalue weighted by molar-refractivity contribution is 0.0317. The molecule has 1 nitrogen and oxygen atoms in total. The molecule has 1 N–H and O–H groups in total. The zero-order valence-electron chi connectivity index (χ0n) is 11.9. The normalized spacial score (nSPS) is 27.6. The summed E-state index contributed by atoms with van der Waals surface area (Å²) in [5.74, 6) is 5.99. The zero-order chi connectivity index (χ0) is 14.2. The number of rotatable bonds is 1. The monoisotopic (exact) mass is 262 g/mol. The fourth-order valence-electron chi connectivity index (χ4n) is 3.34. The topological polar surface area (TPSA) is 20.2 Å². The van der Waals surface area contributed by atoms with Gasteiger partial charge >= 0.3 is 0 Å². The van der Waals surface area contributed by atoms with Crippen molar-refractivity contribution in [3.05, 3.63) is 71.3 Å². The molecule has 3 rings (SSSR count). The van der Waals surface area contributed by atoms with E-state index < -0.39 is 11.0 Å². The number of benzene rings is 2. The summed E-state index contributed by atoms with van der Waals surface area (Å²) in [7, 11) is 0. The van der Waals surface area contributed by atoms with E-state index in [4.69, 9.17) is 0 Å². The van der Waals surface area contributed by atoms with E-state index in [0.717, 1.165) is 17.5 Å². The standard InChI is InChI=1S/C19H18O/c1-3-13-19(20)17-12-8-7-9-15(17)14-18(19,2)16-10-5-4-6-11-16/h4-12,20H,14H2,1-2H3/t18-,19-/m0/s1. The van der Waals surface area contributed by atoms with Crippen LogP contribution in [0.25, 0.3) is 0 Å². The van der Waals surface area contributed by atoms with Crippen molar-refractivity contribution in [3.8, 4) is 11.8 Å². The minimum Gasteiger partial charge on any atom is -0.372 e. The Morgan fingerprint density at radius 3 is 2.35 bits per heavy atom. The maximum atomic E-state index is 11.3. The molecule has 0 radical (unpaired) electrons. The number of fused-ring (bicyclic) bond motifs is 1. The van der Waals surface area contributed by atoms with E-state index in [1.807, 2.05) is 36.4 Å². The van der Waals surface area contributed by atoms with E-state index in [-0.39, 0.29) is 0 Å². The van der Waals surface area contributed by atoms with Gasteiger partial charge in [-0.25, -0.2) is 0 Å². The molecule has 0 bridgehead atoms. The van der Waals surface area contributed by atoms with Crippen LogP contribution in [-0.4, -0.2) is 5.11 Å². The van der Waals surface area contributed by atoms with Crippen molar-refractivity contribution in [2.24, 2.45) is 0 Å². The molecule has 0 aromatic heterocycles. The summed E-state index contributed by atoms with van der Waals surface area (Å²) in [6.45, 7) is 3.89. The Kier molecular flexibility index (Phi) is 2.92. The van der Waals surface area contributed by atoms with E-state index in [1.54, 1.807) is 6.92 Å². The fourth-order valence-corrected chi connectivity index (χ4v) is 3.34. The molecule has 1 aliphatic rings. The Hall–Kier alpha value is -2.04. The van der Waals surface area contributed by atoms with Crippen LogP contribution in [0.1, 0.15) is 30.5 Å². The summed E-state index contributed by atoms with van der Waals surface area (Å²) in [5.41, 5.74) is 1.71. The molecular weight excluding hydrogens is 244 g/mol. The molecule has 0 saturated carbocycles. The first kappa shape index (κ1) is 13.0. The lowest BCUT2D eigenvalue weighted by Gasteiger charge is -2.37. The molecule has 0 heterocycles. The summed E-state index contributed by atoms with van der Waals surface area (Å²) in [4.78, 5) is 0. The van der Waals surface area contributed by atoms with Crippen LogP contribution in [0.5, 0.6) is 0 Å². The first-order valence-corrected chi connectivity index (χ1v) is 6.92. The maximum Gasteiger partial charge on any atom is 0.160 e. The van der Waals surface area contributed by atoms with Gasteiger partial charge in [0.05, 0.1) is 0 Å². The van der Waals surface area contributed by atoms with Crippen molar-refractivity contribution >= 4 is 0 Å². The Balaban J connectivity index is 2.25. The molecule has 2 aromatic rings. The molecule has 2 aromatic carbocycles. The van der Waals surface area contributed by atoms with E-state index in [2.05, 4.69) is 37.0 Å². The van der Waals surface area contributed by atoms with Gasteiger partial charge in [-0.2, -0.15) is 0 Å². The van der Waals surface area contributed by atoms with Gasteiger partial charge in [0.25, 0.3) is 0 Å². The quantitative estimate of drug-likeness (QED) is 0.781. The Morgan fingerprint density at radius 2 is 1.65 bits per heavy atom. The van der Waals surface area contributed by atoms with Crippen molar-refractivity contribution in [2.75, 3.05) is 0 Å². The SMILES string of the molecule is CC#C[C@]1(O)c2ccccc2C[C@@]1(C)c1ccccc1. The van der Waals surface area contributed by atoms with Crippen molar-refractivity contribution in [3.63, 3.8) is 0 Å². The van der Waals surface area contributed by atoms with Gasteiger partial charge in [0.15, 0.2) is 5.60 Å². The second-order valence-electron chi connectivity index (χ2n) is 5.62. The van der Waals surface area contributed by atoms with Gasteiger partial charge in [-0.15, -0.1) is 5.92 Å². The first-order chi connectivity index (χ1) is 9.62. The largest absolute Gasteiger partial charge is 0.372 e. The predicted octanol–water partition coefficient (Wildman–Crippen LogP) is 3.41. The molecule has 1 heteroatoms. The molecule has 0 spiro atoms. The minimum atomic E-state index is -1.13. The molecule has 20 heavy (non-hydrogen) atoms. The Labute approximate surface area is 120 Å². The molecule has 0 fully saturated rings. The highest BCUT2D eigenvalue weighted by atomic mass is 16.3. The van der Waals surface area contributed by atoms with Crippen LogP contribution < -0.4 is 0 Å². The van der Waals surface area contributed by atoms with Gasteiger partial charge in [0.2, 0.25) is 0 Å². The average Bonchev–Trinajstić information content (AvgIpc) is 2.70. The maximum absolute atomic E-state index is 11.3. The van der Waals surface area contributed by atoms with Crippen molar-refractivity contribution in [1.29, 1.82) is 0 Å². The number of aliphatic hydroxyl groups is 1. The fraction of sp³-hybridized carbons (Fsp3) is 0.263. The van der Waals surface area contributed by atoms with Crippen LogP contribution in [0.3, 0.4) is 0 Å². The van der Waals surface area contributed by atoms with E-state index >= 15 is 0 Å². The first-order valence-electron chi connectivity index (χ1n) is 6.92. The smallest absolute Gasteiger partial charge is 0.160 e. The Morgan fingerprint density at radius 1 is 1.00 bits per heavy atom. The van der Waals surface area contributed by atoms with Crippen LogP contribution in [0.15, 0.2) is 54.6 Å². The molecule has 0 amide bonds. The second kappa shape index (κ2) is 4.51. The lowest BCUT2D eigenvalue weighted by Crippen LogP contribution is -2.43. The summed E-state index contributed by atoms with van der Waals surface area (Å²) in [6, 6.07) is 18.3. The van der Waals surface area contributed by atoms with Gasteiger partial charge in [0.1, 0.15) is 0 Å². The van der Waals surface area contributed by atoms with Crippen molar-refractivity contribution in [1.82, 2.24) is 0 Å². The second-order valence-corrected chi connectivity index (χ2v) is 5.62.